The van der Waals surface area contributed by atoms with Crippen molar-refractivity contribution in [2.45, 2.75) is 13.0 Å². The van der Waals surface area contributed by atoms with Crippen LogP contribution in [0.2, 0.25) is 0 Å². The molecular weight excluding hydrogens is 238 g/mol. The van der Waals surface area contributed by atoms with Crippen molar-refractivity contribution in [1.29, 1.82) is 5.26 Å². The zero-order valence-corrected chi connectivity index (χ0v) is 10.5. The molecule has 0 saturated carbocycles. The van der Waals surface area contributed by atoms with Gasteiger partial charge in [-0.1, -0.05) is 24.3 Å². The molecule has 0 saturated heterocycles. The van der Waals surface area contributed by atoms with Crippen LogP contribution in [0.15, 0.2) is 36.5 Å². The van der Waals surface area contributed by atoms with Gasteiger partial charge in [0.25, 0.3) is 0 Å². The second-order valence-electron chi connectivity index (χ2n) is 4.09. The van der Waals surface area contributed by atoms with Crippen molar-refractivity contribution in [3.63, 3.8) is 0 Å². The van der Waals surface area contributed by atoms with E-state index in [0.29, 0.717) is 24.7 Å². The number of nitrogens with two attached hydrogens (primary N) is 1. The van der Waals surface area contributed by atoms with Crippen molar-refractivity contribution < 1.29 is 0 Å². The van der Waals surface area contributed by atoms with Crippen molar-refractivity contribution in [1.82, 2.24) is 9.97 Å². The van der Waals surface area contributed by atoms with Crippen LogP contribution in [0.5, 0.6) is 0 Å². The smallest absolute Gasteiger partial charge is 0.224 e. The molecule has 0 radical (unpaired) electrons. The maximum Gasteiger partial charge on any atom is 0.224 e. The number of hydrogen-bond acceptors (Lipinski definition) is 5. The number of anilines is 1. The highest BCUT2D eigenvalue weighted by atomic mass is 15.1. The summed E-state index contributed by atoms with van der Waals surface area (Å²) in [4.78, 5) is 8.11. The summed E-state index contributed by atoms with van der Waals surface area (Å²) in [5.74, 6) is 0.463. The third kappa shape index (κ3) is 3.76. The lowest BCUT2D eigenvalue weighted by atomic mass is 10.1. The number of hydrogen-bond donors (Lipinski definition) is 2. The molecule has 0 amide bonds. The molecule has 0 aliphatic rings. The van der Waals surface area contributed by atoms with Crippen LogP contribution in [0.1, 0.15) is 16.8 Å². The van der Waals surface area contributed by atoms with E-state index in [-0.39, 0.29) is 0 Å². The summed E-state index contributed by atoms with van der Waals surface area (Å²) in [5, 5.41) is 11.8. The molecule has 0 aliphatic carbocycles. The molecule has 1 heterocycles. The molecule has 0 atom stereocenters. The molecule has 5 heteroatoms. The lowest BCUT2D eigenvalue weighted by Crippen LogP contribution is -2.05. The number of aromatic nitrogens is 2. The molecule has 0 unspecified atom stereocenters. The molecule has 0 spiro atoms. The van der Waals surface area contributed by atoms with Crippen molar-refractivity contribution in [3.05, 3.63) is 53.3 Å². The van der Waals surface area contributed by atoms with Gasteiger partial charge >= 0.3 is 0 Å². The maximum absolute atomic E-state index is 8.75. The first-order valence-corrected chi connectivity index (χ1v) is 6.06. The standard InChI is InChI=1S/C14H15N5/c15-7-5-11-1-3-12(4-2-11)10-18-14-17-8-6-13(9-16)19-14/h1-4,6,8H,5,7,10,15H2,(H,17,18,19). The van der Waals surface area contributed by atoms with Gasteiger partial charge in [0.1, 0.15) is 11.8 Å². The first-order chi connectivity index (χ1) is 9.31. The Morgan fingerprint density at radius 3 is 2.58 bits per heavy atom. The second kappa shape index (κ2) is 6.47. The predicted molar refractivity (Wildman–Crippen MR) is 73.3 cm³/mol. The molecule has 3 N–H and O–H groups in total. The third-order valence-corrected chi connectivity index (χ3v) is 2.68. The summed E-state index contributed by atoms with van der Waals surface area (Å²) in [6.45, 7) is 1.28. The number of nitrogens with zero attached hydrogens (tertiary/aromatic N) is 3. The van der Waals surface area contributed by atoms with E-state index in [9.17, 15) is 0 Å². The van der Waals surface area contributed by atoms with Gasteiger partial charge in [0.2, 0.25) is 5.95 Å². The average molecular weight is 253 g/mol. The molecule has 19 heavy (non-hydrogen) atoms. The highest BCUT2D eigenvalue weighted by Gasteiger charge is 1.99. The summed E-state index contributed by atoms with van der Waals surface area (Å²) in [5.41, 5.74) is 8.22. The van der Waals surface area contributed by atoms with Gasteiger partial charge in [0.15, 0.2) is 0 Å². The van der Waals surface area contributed by atoms with Crippen molar-refractivity contribution in [2.75, 3.05) is 11.9 Å². The van der Waals surface area contributed by atoms with Crippen LogP contribution < -0.4 is 11.1 Å². The maximum atomic E-state index is 8.75. The molecule has 1 aromatic heterocycles. The minimum atomic E-state index is 0.357. The topological polar surface area (TPSA) is 87.6 Å². The first-order valence-electron chi connectivity index (χ1n) is 6.06. The SMILES string of the molecule is N#Cc1ccnc(NCc2ccc(CCN)cc2)n1. The van der Waals surface area contributed by atoms with E-state index in [0.717, 1.165) is 12.0 Å². The normalized spacial score (nSPS) is 9.89. The van der Waals surface area contributed by atoms with E-state index < -0.39 is 0 Å². The molecule has 5 nitrogen and oxygen atoms in total. The van der Waals surface area contributed by atoms with E-state index in [1.165, 1.54) is 5.56 Å². The fraction of sp³-hybridized carbons (Fsp3) is 0.214. The molecule has 0 fully saturated rings. The lowest BCUT2D eigenvalue weighted by molar-refractivity contribution is 0.965. The van der Waals surface area contributed by atoms with E-state index in [4.69, 9.17) is 11.0 Å². The van der Waals surface area contributed by atoms with E-state index in [1.807, 2.05) is 18.2 Å². The Balaban J connectivity index is 1.96. The minimum Gasteiger partial charge on any atom is -0.350 e. The molecular formula is C14H15N5. The largest absolute Gasteiger partial charge is 0.350 e. The molecule has 2 aromatic rings. The second-order valence-corrected chi connectivity index (χ2v) is 4.09. The van der Waals surface area contributed by atoms with Crippen LogP contribution in [0, 0.1) is 11.3 Å². The van der Waals surface area contributed by atoms with Crippen LogP contribution in [0.3, 0.4) is 0 Å². The Morgan fingerprint density at radius 1 is 1.16 bits per heavy atom. The van der Waals surface area contributed by atoms with Gasteiger partial charge in [-0.3, -0.25) is 0 Å². The molecule has 1 aromatic carbocycles. The van der Waals surface area contributed by atoms with Crippen LogP contribution in [-0.4, -0.2) is 16.5 Å². The molecule has 0 aliphatic heterocycles. The van der Waals surface area contributed by atoms with Gasteiger partial charge in [0, 0.05) is 12.7 Å². The quantitative estimate of drug-likeness (QED) is 0.842. The van der Waals surface area contributed by atoms with Crippen LogP contribution in [0.4, 0.5) is 5.95 Å². The van der Waals surface area contributed by atoms with Gasteiger partial charge in [-0.25, -0.2) is 9.97 Å². The Kier molecular flexibility index (Phi) is 4.43. The Morgan fingerprint density at radius 2 is 1.89 bits per heavy atom. The highest BCUT2D eigenvalue weighted by Crippen LogP contribution is 2.07. The summed E-state index contributed by atoms with van der Waals surface area (Å²) in [7, 11) is 0. The molecule has 2 rings (SSSR count). The van der Waals surface area contributed by atoms with Crippen LogP contribution in [0.25, 0.3) is 0 Å². The monoisotopic (exact) mass is 253 g/mol. The van der Waals surface area contributed by atoms with Crippen molar-refractivity contribution in [2.24, 2.45) is 5.73 Å². The van der Waals surface area contributed by atoms with Crippen LogP contribution >= 0.6 is 0 Å². The fourth-order valence-electron chi connectivity index (χ4n) is 1.68. The van der Waals surface area contributed by atoms with Gasteiger partial charge < -0.3 is 11.1 Å². The fourth-order valence-corrected chi connectivity index (χ4v) is 1.68. The summed E-state index contributed by atoms with van der Waals surface area (Å²) >= 11 is 0. The van der Waals surface area contributed by atoms with Gasteiger partial charge in [0.05, 0.1) is 0 Å². The van der Waals surface area contributed by atoms with Gasteiger partial charge in [-0.15, -0.1) is 0 Å². The lowest BCUT2D eigenvalue weighted by Gasteiger charge is -2.06. The number of nitriles is 1. The zero-order chi connectivity index (χ0) is 13.5. The van der Waals surface area contributed by atoms with Crippen molar-refractivity contribution >= 4 is 5.95 Å². The van der Waals surface area contributed by atoms with Crippen LogP contribution in [-0.2, 0) is 13.0 Å². The Hall–Kier alpha value is -2.45. The Labute approximate surface area is 112 Å². The number of benzene rings is 1. The van der Waals surface area contributed by atoms with E-state index >= 15 is 0 Å². The minimum absolute atomic E-state index is 0.357. The predicted octanol–water partition coefficient (Wildman–Crippen LogP) is 1.46. The molecule has 0 bridgehead atoms. The first kappa shape index (κ1) is 13.0. The summed E-state index contributed by atoms with van der Waals surface area (Å²) in [6.07, 6.45) is 2.46. The number of nitrogens with one attached hydrogen (secondary N) is 1. The van der Waals surface area contributed by atoms with Crippen molar-refractivity contribution in [3.8, 4) is 6.07 Å². The number of rotatable bonds is 5. The van der Waals surface area contributed by atoms with Gasteiger partial charge in [-0.2, -0.15) is 5.26 Å². The van der Waals surface area contributed by atoms with Gasteiger partial charge in [-0.05, 0) is 30.2 Å². The zero-order valence-electron chi connectivity index (χ0n) is 10.5. The highest BCUT2D eigenvalue weighted by molar-refractivity contribution is 5.32. The Bertz CT molecular complexity index is 571. The average Bonchev–Trinajstić information content (AvgIpc) is 2.47. The summed E-state index contributed by atoms with van der Waals surface area (Å²) in [6, 6.07) is 11.8. The molecule has 96 valence electrons. The summed E-state index contributed by atoms with van der Waals surface area (Å²) < 4.78 is 0. The van der Waals surface area contributed by atoms with E-state index in [1.54, 1.807) is 12.3 Å². The van der Waals surface area contributed by atoms with E-state index in [2.05, 4.69) is 27.4 Å². The third-order valence-electron chi connectivity index (χ3n) is 2.68.